The molecule has 3 heterocycles. The molecule has 7 nitrogen and oxygen atoms in total. The highest BCUT2D eigenvalue weighted by molar-refractivity contribution is 6.30. The molecule has 32 heavy (non-hydrogen) atoms. The van der Waals surface area contributed by atoms with Gasteiger partial charge < -0.3 is 10.6 Å². The molecule has 2 aromatic carbocycles. The number of hydrogen-bond acceptors (Lipinski definition) is 5. The van der Waals surface area contributed by atoms with E-state index in [2.05, 4.69) is 4.98 Å². The lowest BCUT2D eigenvalue weighted by molar-refractivity contribution is -0.120. The van der Waals surface area contributed by atoms with Gasteiger partial charge in [0.05, 0.1) is 22.0 Å². The first-order chi connectivity index (χ1) is 15.5. The Morgan fingerprint density at radius 3 is 2.53 bits per heavy atom. The van der Waals surface area contributed by atoms with E-state index in [9.17, 15) is 9.59 Å². The summed E-state index contributed by atoms with van der Waals surface area (Å²) in [5.74, 6) is 0.806. The molecule has 1 unspecified atom stereocenters. The molecule has 160 valence electrons. The van der Waals surface area contributed by atoms with Gasteiger partial charge in [0.1, 0.15) is 11.6 Å². The number of pyridine rings is 1. The number of rotatable bonds is 3. The van der Waals surface area contributed by atoms with E-state index in [0.29, 0.717) is 40.5 Å². The second-order valence-electron chi connectivity index (χ2n) is 7.71. The second-order valence-corrected chi connectivity index (χ2v) is 8.15. The predicted octanol–water partition coefficient (Wildman–Crippen LogP) is 3.56. The number of nitrogens with zero attached hydrogens (tertiary/aromatic N) is 4. The zero-order chi connectivity index (χ0) is 22.2. The molecule has 0 spiro atoms. The smallest absolute Gasteiger partial charge is 0.267 e. The largest absolute Gasteiger partial charge is 0.320 e. The molecule has 1 amide bonds. The number of fused-ring (bicyclic) bond motifs is 1. The lowest BCUT2D eigenvalue weighted by Gasteiger charge is -2.30. The maximum atomic E-state index is 13.4. The van der Waals surface area contributed by atoms with Crippen LogP contribution in [-0.4, -0.2) is 33.0 Å². The third-order valence-electron chi connectivity index (χ3n) is 5.63. The number of aromatic nitrogens is 3. The van der Waals surface area contributed by atoms with Crippen LogP contribution >= 0.6 is 11.6 Å². The van der Waals surface area contributed by atoms with Crippen molar-refractivity contribution in [2.24, 2.45) is 5.73 Å². The molecule has 8 heteroatoms. The Kier molecular flexibility index (Phi) is 5.20. The lowest BCUT2D eigenvalue weighted by Crippen LogP contribution is -2.48. The van der Waals surface area contributed by atoms with E-state index in [1.54, 1.807) is 29.2 Å². The number of halogens is 1. The molecule has 4 aromatic rings. The number of hydrogen-bond donors (Lipinski definition) is 1. The highest BCUT2D eigenvalue weighted by Crippen LogP contribution is 2.26. The Morgan fingerprint density at radius 2 is 1.78 bits per heavy atom. The molecule has 0 saturated carbocycles. The normalized spacial score (nSPS) is 16.5. The first-order valence-corrected chi connectivity index (χ1v) is 10.7. The van der Waals surface area contributed by atoms with E-state index < -0.39 is 6.04 Å². The fraction of sp³-hybridized carbons (Fsp3) is 0.167. The molecule has 2 N–H and O–H groups in total. The number of carbonyl (C=O) groups excluding carboxylic acids is 1. The van der Waals surface area contributed by atoms with E-state index in [4.69, 9.17) is 22.3 Å². The van der Waals surface area contributed by atoms with E-state index in [0.717, 1.165) is 17.7 Å². The van der Waals surface area contributed by atoms with Gasteiger partial charge in [-0.25, -0.2) is 14.5 Å². The summed E-state index contributed by atoms with van der Waals surface area (Å²) in [6, 6.07) is 17.5. The quantitative estimate of drug-likeness (QED) is 0.520. The van der Waals surface area contributed by atoms with Gasteiger partial charge in [-0.1, -0.05) is 23.7 Å². The highest BCUT2D eigenvalue weighted by Gasteiger charge is 2.26. The summed E-state index contributed by atoms with van der Waals surface area (Å²) in [4.78, 5) is 36.7. The molecule has 1 saturated heterocycles. The summed E-state index contributed by atoms with van der Waals surface area (Å²) in [6.45, 7) is 0.638. The molecule has 1 aliphatic heterocycles. The van der Waals surface area contributed by atoms with Crippen LogP contribution in [0.25, 0.3) is 28.1 Å². The van der Waals surface area contributed by atoms with Crippen LogP contribution in [0.1, 0.15) is 12.8 Å². The highest BCUT2D eigenvalue weighted by atomic mass is 35.5. The molecule has 1 fully saturated rings. The second kappa shape index (κ2) is 8.18. The van der Waals surface area contributed by atoms with Gasteiger partial charge in [0.25, 0.3) is 5.56 Å². The van der Waals surface area contributed by atoms with Crippen LogP contribution in [0.2, 0.25) is 5.02 Å². The Bertz CT molecular complexity index is 1370. The lowest BCUT2D eigenvalue weighted by atomic mass is 10.0. The first-order valence-electron chi connectivity index (χ1n) is 10.3. The number of amides is 1. The van der Waals surface area contributed by atoms with Crippen molar-refractivity contribution in [1.82, 2.24) is 14.5 Å². The standard InChI is InChI=1S/C24H20ClN5O2/c25-16-9-12-21(27-14-16)30-22(28-20-6-2-1-4-18(20)23(30)31)15-7-10-17(11-8-15)29-13-3-5-19(26)24(29)32/h1-2,4,6-12,14,19H,3,5,13,26H2. The number of anilines is 1. The van der Waals surface area contributed by atoms with Crippen LogP contribution in [0.5, 0.6) is 0 Å². The summed E-state index contributed by atoms with van der Waals surface area (Å²) in [5, 5.41) is 0.975. The number of piperidine rings is 1. The van der Waals surface area contributed by atoms with Gasteiger partial charge in [-0.3, -0.25) is 9.59 Å². The average Bonchev–Trinajstić information content (AvgIpc) is 2.82. The number of para-hydroxylation sites is 1. The van der Waals surface area contributed by atoms with Crippen LogP contribution in [-0.2, 0) is 4.79 Å². The molecule has 0 bridgehead atoms. The molecule has 1 atom stereocenters. The summed E-state index contributed by atoms with van der Waals surface area (Å²) in [5.41, 5.74) is 7.81. The van der Waals surface area contributed by atoms with Crippen molar-refractivity contribution < 1.29 is 4.79 Å². The van der Waals surface area contributed by atoms with Crippen LogP contribution < -0.4 is 16.2 Å². The maximum absolute atomic E-state index is 13.4. The minimum Gasteiger partial charge on any atom is -0.320 e. The van der Waals surface area contributed by atoms with E-state index >= 15 is 0 Å². The van der Waals surface area contributed by atoms with Crippen molar-refractivity contribution in [3.8, 4) is 17.2 Å². The molecule has 0 aliphatic carbocycles. The number of benzene rings is 2. The van der Waals surface area contributed by atoms with Crippen molar-refractivity contribution in [1.29, 1.82) is 0 Å². The van der Waals surface area contributed by atoms with Crippen LogP contribution in [0.4, 0.5) is 5.69 Å². The maximum Gasteiger partial charge on any atom is 0.267 e. The van der Waals surface area contributed by atoms with Gasteiger partial charge >= 0.3 is 0 Å². The van der Waals surface area contributed by atoms with Crippen molar-refractivity contribution in [3.05, 3.63) is 82.2 Å². The Morgan fingerprint density at radius 1 is 1.00 bits per heavy atom. The zero-order valence-electron chi connectivity index (χ0n) is 17.1. The van der Waals surface area contributed by atoms with E-state index in [1.165, 1.54) is 10.8 Å². The van der Waals surface area contributed by atoms with Gasteiger partial charge in [-0.15, -0.1) is 0 Å². The van der Waals surface area contributed by atoms with E-state index in [-0.39, 0.29) is 11.5 Å². The topological polar surface area (TPSA) is 94.1 Å². The Labute approximate surface area is 189 Å². The van der Waals surface area contributed by atoms with Crippen LogP contribution in [0.15, 0.2) is 71.7 Å². The van der Waals surface area contributed by atoms with Gasteiger partial charge in [-0.2, -0.15) is 0 Å². The molecular formula is C24H20ClN5O2. The molecule has 1 aliphatic rings. The fourth-order valence-corrected chi connectivity index (χ4v) is 4.10. The van der Waals surface area contributed by atoms with Gasteiger partial charge in [0.2, 0.25) is 5.91 Å². The average molecular weight is 446 g/mol. The summed E-state index contributed by atoms with van der Waals surface area (Å²) < 4.78 is 1.48. The van der Waals surface area contributed by atoms with Crippen LogP contribution in [0, 0.1) is 0 Å². The zero-order valence-corrected chi connectivity index (χ0v) is 17.9. The van der Waals surface area contributed by atoms with Crippen molar-refractivity contribution in [2.75, 3.05) is 11.4 Å². The van der Waals surface area contributed by atoms with Crippen molar-refractivity contribution in [2.45, 2.75) is 18.9 Å². The van der Waals surface area contributed by atoms with Crippen LogP contribution in [0.3, 0.4) is 0 Å². The van der Waals surface area contributed by atoms with E-state index in [1.807, 2.05) is 36.4 Å². The monoisotopic (exact) mass is 445 g/mol. The molecule has 5 rings (SSSR count). The fourth-order valence-electron chi connectivity index (χ4n) is 3.99. The molecule has 2 aromatic heterocycles. The van der Waals surface area contributed by atoms with Crippen molar-refractivity contribution in [3.63, 3.8) is 0 Å². The summed E-state index contributed by atoms with van der Waals surface area (Å²) >= 11 is 6.00. The number of carbonyl (C=O) groups is 1. The summed E-state index contributed by atoms with van der Waals surface area (Å²) in [7, 11) is 0. The first kappa shape index (κ1) is 20.4. The van der Waals surface area contributed by atoms with Gasteiger partial charge in [0.15, 0.2) is 0 Å². The van der Waals surface area contributed by atoms with Gasteiger partial charge in [-0.05, 0) is 61.4 Å². The van der Waals surface area contributed by atoms with Gasteiger partial charge in [0, 0.05) is 24.0 Å². The third kappa shape index (κ3) is 3.55. The minimum atomic E-state index is -0.466. The number of nitrogens with two attached hydrogens (primary N) is 1. The molecule has 0 radical (unpaired) electrons. The van der Waals surface area contributed by atoms with Crippen molar-refractivity contribution >= 4 is 34.1 Å². The Balaban J connectivity index is 1.65. The Hall–Kier alpha value is -3.55. The molecular weight excluding hydrogens is 426 g/mol. The summed E-state index contributed by atoms with van der Waals surface area (Å²) in [6.07, 6.45) is 3.06. The minimum absolute atomic E-state index is 0.0740. The predicted molar refractivity (Wildman–Crippen MR) is 125 cm³/mol. The third-order valence-corrected chi connectivity index (χ3v) is 5.86. The SMILES string of the molecule is NC1CCCN(c2ccc(-c3nc4ccccc4c(=O)n3-c3ccc(Cl)cn3)cc2)C1=O.